The van der Waals surface area contributed by atoms with E-state index in [0.29, 0.717) is 0 Å². The first kappa shape index (κ1) is 14.7. The van der Waals surface area contributed by atoms with Crippen molar-refractivity contribution < 1.29 is 14.4 Å². The number of ether oxygens (including phenoxy) is 1. The van der Waals surface area contributed by atoms with E-state index in [4.69, 9.17) is 4.74 Å². The molecule has 104 valence electrons. The molecule has 4 nitrogen and oxygen atoms in total. The summed E-state index contributed by atoms with van der Waals surface area (Å²) in [5, 5.41) is 2.98. The fraction of sp³-hybridized carbons (Fsp3) is 0.500. The summed E-state index contributed by atoms with van der Waals surface area (Å²) >= 11 is 2.22. The van der Waals surface area contributed by atoms with Crippen LogP contribution in [0.15, 0.2) is 24.3 Å². The lowest BCUT2D eigenvalue weighted by molar-refractivity contribution is -0.908. The SMILES string of the molecule is O=C(NCCC[NH+]1CCOCC1)c1cccc(I)c1. The van der Waals surface area contributed by atoms with E-state index in [2.05, 4.69) is 27.9 Å². The van der Waals surface area contributed by atoms with Crippen LogP contribution in [0.1, 0.15) is 16.8 Å². The van der Waals surface area contributed by atoms with Gasteiger partial charge in [0.2, 0.25) is 0 Å². The molecule has 1 saturated heterocycles. The van der Waals surface area contributed by atoms with E-state index in [1.165, 1.54) is 0 Å². The van der Waals surface area contributed by atoms with Gasteiger partial charge in [0.1, 0.15) is 13.1 Å². The normalized spacial score (nSPS) is 16.3. The Morgan fingerprint density at radius 1 is 1.37 bits per heavy atom. The molecular formula is C14H20IN2O2+. The fourth-order valence-corrected chi connectivity index (χ4v) is 2.73. The molecule has 0 spiro atoms. The second kappa shape index (κ2) is 7.81. The Bertz CT molecular complexity index is 420. The number of rotatable bonds is 5. The Balaban J connectivity index is 1.66. The molecule has 0 bridgehead atoms. The van der Waals surface area contributed by atoms with Crippen molar-refractivity contribution in [3.05, 3.63) is 33.4 Å². The maximum Gasteiger partial charge on any atom is 0.251 e. The molecule has 1 aliphatic heterocycles. The monoisotopic (exact) mass is 375 g/mol. The zero-order valence-electron chi connectivity index (χ0n) is 11.0. The molecule has 0 unspecified atom stereocenters. The van der Waals surface area contributed by atoms with Crippen molar-refractivity contribution >= 4 is 28.5 Å². The highest BCUT2D eigenvalue weighted by Crippen LogP contribution is 2.07. The van der Waals surface area contributed by atoms with E-state index in [0.717, 1.165) is 54.9 Å². The van der Waals surface area contributed by atoms with Gasteiger partial charge >= 0.3 is 0 Å². The van der Waals surface area contributed by atoms with Crippen molar-refractivity contribution in [2.45, 2.75) is 6.42 Å². The van der Waals surface area contributed by atoms with Gasteiger partial charge < -0.3 is 15.0 Å². The summed E-state index contributed by atoms with van der Waals surface area (Å²) in [4.78, 5) is 13.5. The molecular weight excluding hydrogens is 355 g/mol. The van der Waals surface area contributed by atoms with Crippen molar-refractivity contribution in [2.24, 2.45) is 0 Å². The molecule has 2 N–H and O–H groups in total. The number of hydrogen-bond acceptors (Lipinski definition) is 2. The topological polar surface area (TPSA) is 42.8 Å². The third-order valence-electron chi connectivity index (χ3n) is 3.28. The average Bonchev–Trinajstić information content (AvgIpc) is 2.44. The average molecular weight is 375 g/mol. The summed E-state index contributed by atoms with van der Waals surface area (Å²) in [5.74, 6) is 0.0236. The molecule has 1 fully saturated rings. The first-order valence-corrected chi connectivity index (χ1v) is 7.78. The smallest absolute Gasteiger partial charge is 0.251 e. The minimum absolute atomic E-state index is 0.0236. The summed E-state index contributed by atoms with van der Waals surface area (Å²) in [6, 6.07) is 7.65. The molecule has 1 aromatic carbocycles. The van der Waals surface area contributed by atoms with Crippen LogP contribution in [0.25, 0.3) is 0 Å². The fourth-order valence-electron chi connectivity index (χ4n) is 2.18. The van der Waals surface area contributed by atoms with Gasteiger partial charge in [-0.25, -0.2) is 0 Å². The summed E-state index contributed by atoms with van der Waals surface area (Å²) < 4.78 is 6.41. The number of morpholine rings is 1. The largest absolute Gasteiger partial charge is 0.370 e. The number of nitrogens with one attached hydrogen (secondary N) is 2. The van der Waals surface area contributed by atoms with Gasteiger partial charge in [0.15, 0.2) is 0 Å². The second-order valence-corrected chi connectivity index (χ2v) is 5.98. The van der Waals surface area contributed by atoms with Crippen LogP contribution >= 0.6 is 22.6 Å². The van der Waals surface area contributed by atoms with Crippen molar-refractivity contribution in [1.82, 2.24) is 5.32 Å². The molecule has 19 heavy (non-hydrogen) atoms. The quantitative estimate of drug-likeness (QED) is 0.576. The van der Waals surface area contributed by atoms with Gasteiger partial charge in [-0.05, 0) is 40.8 Å². The molecule has 1 heterocycles. The minimum Gasteiger partial charge on any atom is -0.370 e. The maximum absolute atomic E-state index is 11.9. The number of carbonyl (C=O) groups excluding carboxylic acids is 1. The highest BCUT2D eigenvalue weighted by atomic mass is 127. The van der Waals surface area contributed by atoms with Crippen molar-refractivity contribution in [2.75, 3.05) is 39.4 Å². The van der Waals surface area contributed by atoms with E-state index >= 15 is 0 Å². The lowest BCUT2D eigenvalue weighted by Gasteiger charge is -2.23. The van der Waals surface area contributed by atoms with Crippen molar-refractivity contribution in [3.8, 4) is 0 Å². The number of benzene rings is 1. The Morgan fingerprint density at radius 2 is 2.16 bits per heavy atom. The van der Waals surface area contributed by atoms with E-state index in [1.54, 1.807) is 4.90 Å². The Morgan fingerprint density at radius 3 is 2.89 bits per heavy atom. The van der Waals surface area contributed by atoms with Crippen LogP contribution in [0.2, 0.25) is 0 Å². The van der Waals surface area contributed by atoms with Gasteiger partial charge in [-0.15, -0.1) is 0 Å². The van der Waals surface area contributed by atoms with Crippen LogP contribution in [0, 0.1) is 3.57 Å². The summed E-state index contributed by atoms with van der Waals surface area (Å²) in [6.45, 7) is 5.76. The molecule has 5 heteroatoms. The molecule has 1 amide bonds. The molecule has 2 rings (SSSR count). The van der Waals surface area contributed by atoms with Crippen LogP contribution in [0.4, 0.5) is 0 Å². The lowest BCUT2D eigenvalue weighted by atomic mass is 10.2. The molecule has 0 aliphatic carbocycles. The highest BCUT2D eigenvalue weighted by Gasteiger charge is 2.13. The maximum atomic E-state index is 11.9. The summed E-state index contributed by atoms with van der Waals surface area (Å²) in [6.07, 6.45) is 1.02. The number of halogens is 1. The molecule has 0 aromatic heterocycles. The van der Waals surface area contributed by atoms with E-state index in [9.17, 15) is 4.79 Å². The van der Waals surface area contributed by atoms with Gasteiger partial charge in [-0.2, -0.15) is 0 Å². The molecule has 0 radical (unpaired) electrons. The summed E-state index contributed by atoms with van der Waals surface area (Å²) in [5.41, 5.74) is 0.741. The zero-order chi connectivity index (χ0) is 13.5. The van der Waals surface area contributed by atoms with Crippen molar-refractivity contribution in [3.63, 3.8) is 0 Å². The van der Waals surface area contributed by atoms with Gasteiger partial charge in [0.05, 0.1) is 19.8 Å². The minimum atomic E-state index is 0.0236. The van der Waals surface area contributed by atoms with Crippen LogP contribution < -0.4 is 10.2 Å². The van der Waals surface area contributed by atoms with Crippen LogP contribution in [0.5, 0.6) is 0 Å². The van der Waals surface area contributed by atoms with Crippen LogP contribution in [0.3, 0.4) is 0 Å². The Kier molecular flexibility index (Phi) is 6.06. The van der Waals surface area contributed by atoms with Gasteiger partial charge in [0.25, 0.3) is 5.91 Å². The predicted molar refractivity (Wildman–Crippen MR) is 82.5 cm³/mol. The third kappa shape index (κ3) is 5.08. The summed E-state index contributed by atoms with van der Waals surface area (Å²) in [7, 11) is 0. The Hall–Kier alpha value is -0.660. The first-order valence-electron chi connectivity index (χ1n) is 6.71. The van der Waals surface area contributed by atoms with E-state index in [1.807, 2.05) is 24.3 Å². The Labute approximate surface area is 127 Å². The van der Waals surface area contributed by atoms with E-state index in [-0.39, 0.29) is 5.91 Å². The zero-order valence-corrected chi connectivity index (χ0v) is 13.1. The molecule has 0 saturated carbocycles. The predicted octanol–water partition coefficient (Wildman–Crippen LogP) is 0.326. The standard InChI is InChI=1S/C14H19IN2O2/c15-13-4-1-3-12(11-13)14(18)16-5-2-6-17-7-9-19-10-8-17/h1,3-4,11H,2,5-10H2,(H,16,18)/p+1. The highest BCUT2D eigenvalue weighted by molar-refractivity contribution is 14.1. The molecule has 1 aromatic rings. The van der Waals surface area contributed by atoms with Gasteiger partial charge in [-0.3, -0.25) is 4.79 Å². The number of quaternary nitrogens is 1. The molecule has 0 atom stereocenters. The third-order valence-corrected chi connectivity index (χ3v) is 3.95. The van der Waals surface area contributed by atoms with E-state index < -0.39 is 0 Å². The number of hydrogen-bond donors (Lipinski definition) is 2. The van der Waals surface area contributed by atoms with Crippen LogP contribution in [-0.2, 0) is 4.74 Å². The number of amides is 1. The van der Waals surface area contributed by atoms with Crippen LogP contribution in [-0.4, -0.2) is 45.3 Å². The lowest BCUT2D eigenvalue weighted by Crippen LogP contribution is -3.14. The van der Waals surface area contributed by atoms with Gasteiger partial charge in [0, 0.05) is 22.1 Å². The second-order valence-electron chi connectivity index (χ2n) is 4.73. The number of carbonyl (C=O) groups is 1. The van der Waals surface area contributed by atoms with Gasteiger partial charge in [-0.1, -0.05) is 6.07 Å². The first-order chi connectivity index (χ1) is 9.25. The van der Waals surface area contributed by atoms with Crippen molar-refractivity contribution in [1.29, 1.82) is 0 Å². The molecule has 1 aliphatic rings.